The van der Waals surface area contributed by atoms with Gasteiger partial charge in [0.15, 0.2) is 17.4 Å². The highest BCUT2D eigenvalue weighted by Crippen LogP contribution is 2.39. The van der Waals surface area contributed by atoms with Gasteiger partial charge in [-0.1, -0.05) is 11.6 Å². The minimum Gasteiger partial charge on any atom is -0.482 e. The molecule has 1 N–H and O–H groups in total. The third-order valence-corrected chi connectivity index (χ3v) is 7.05. The van der Waals surface area contributed by atoms with Crippen LogP contribution in [0.15, 0.2) is 59.7 Å². The average Bonchev–Trinajstić information content (AvgIpc) is 3.54. The van der Waals surface area contributed by atoms with E-state index in [-0.39, 0.29) is 34.5 Å². The van der Waals surface area contributed by atoms with Crippen molar-refractivity contribution in [3.63, 3.8) is 0 Å². The highest BCUT2D eigenvalue weighted by molar-refractivity contribution is 6.30. The molecule has 0 unspecified atom stereocenters. The second kappa shape index (κ2) is 11.0. The van der Waals surface area contributed by atoms with Crippen LogP contribution in [0.1, 0.15) is 17.0 Å². The fourth-order valence-corrected chi connectivity index (χ4v) is 4.78. The number of carbonyl (C=O) groups is 1. The first-order chi connectivity index (χ1) is 19.8. The Morgan fingerprint density at radius 1 is 1.14 bits per heavy atom. The molecule has 0 spiro atoms. The van der Waals surface area contributed by atoms with E-state index in [4.69, 9.17) is 16.3 Å². The zero-order chi connectivity index (χ0) is 30.3. The lowest BCUT2D eigenvalue weighted by atomic mass is 9.98. The van der Waals surface area contributed by atoms with E-state index in [1.807, 2.05) is 0 Å². The molecule has 218 valence electrons. The van der Waals surface area contributed by atoms with Gasteiger partial charge in [-0.3, -0.25) is 19.0 Å². The number of rotatable bonds is 7. The Hall–Kier alpha value is -4.65. The van der Waals surface area contributed by atoms with Crippen LogP contribution in [0.2, 0.25) is 5.02 Å². The van der Waals surface area contributed by atoms with Crippen molar-refractivity contribution >= 4 is 34.2 Å². The molecule has 5 aromatic rings. The van der Waals surface area contributed by atoms with Gasteiger partial charge in [0, 0.05) is 30.4 Å². The van der Waals surface area contributed by atoms with Crippen LogP contribution < -0.4 is 15.3 Å². The Balaban J connectivity index is 1.60. The number of anilines is 1. The van der Waals surface area contributed by atoms with Gasteiger partial charge in [0.05, 0.1) is 16.6 Å². The maximum atomic E-state index is 15.3. The van der Waals surface area contributed by atoms with Crippen LogP contribution in [0.3, 0.4) is 0 Å². The Kier molecular flexibility index (Phi) is 7.54. The topological polar surface area (TPSA) is 98.0 Å². The molecule has 0 aliphatic heterocycles. The summed E-state index contributed by atoms with van der Waals surface area (Å²) in [5.41, 5.74) is -0.978. The second-order valence-electron chi connectivity index (χ2n) is 9.57. The summed E-state index contributed by atoms with van der Waals surface area (Å²) in [5, 5.41) is 6.74. The number of ether oxygens (including phenoxy) is 1. The molecule has 0 atom stereocenters. The number of carbonyl (C=O) groups excluding carboxylic acids is 1. The number of alkyl halides is 3. The maximum Gasteiger partial charge on any atom is 0.416 e. The molecule has 9 nitrogen and oxygen atoms in total. The number of nitrogens with one attached hydrogen (secondary N) is 1. The normalized spacial score (nSPS) is 11.7. The smallest absolute Gasteiger partial charge is 0.416 e. The number of H-pyrrole nitrogens is 1. The molecule has 0 aliphatic rings. The van der Waals surface area contributed by atoms with Crippen molar-refractivity contribution in [2.75, 3.05) is 11.9 Å². The minimum atomic E-state index is -4.79. The van der Waals surface area contributed by atoms with Crippen LogP contribution in [0, 0.1) is 12.7 Å². The molecule has 3 aromatic carbocycles. The van der Waals surface area contributed by atoms with Crippen molar-refractivity contribution < 1.29 is 27.1 Å². The van der Waals surface area contributed by atoms with Crippen molar-refractivity contribution in [2.45, 2.75) is 26.3 Å². The average molecular weight is 603 g/mol. The molecule has 0 saturated heterocycles. The van der Waals surface area contributed by atoms with E-state index >= 15 is 4.39 Å². The molecule has 0 saturated carbocycles. The molecule has 1 amide bonds. The number of likely N-dealkylation sites (N-methyl/N-ethyl adjacent to an activating group) is 1. The van der Waals surface area contributed by atoms with Crippen molar-refractivity contribution in [1.29, 1.82) is 0 Å². The van der Waals surface area contributed by atoms with E-state index in [2.05, 4.69) is 15.2 Å². The molecular formula is C28H23ClF4N6O3. The molecule has 0 aliphatic carbocycles. The molecule has 42 heavy (non-hydrogen) atoms. The van der Waals surface area contributed by atoms with Crippen molar-refractivity contribution in [1.82, 2.24) is 24.3 Å². The lowest BCUT2D eigenvalue weighted by molar-refractivity contribution is -0.137. The number of nitrogens with zero attached hydrogens (tertiary/aromatic N) is 5. The summed E-state index contributed by atoms with van der Waals surface area (Å²) < 4.78 is 65.1. The number of hydrogen-bond donors (Lipinski definition) is 1. The molecule has 2 heterocycles. The molecule has 0 fully saturated rings. The lowest BCUT2D eigenvalue weighted by Crippen LogP contribution is -2.34. The van der Waals surface area contributed by atoms with Crippen molar-refractivity contribution in [2.24, 2.45) is 7.05 Å². The van der Waals surface area contributed by atoms with Gasteiger partial charge < -0.3 is 9.64 Å². The van der Waals surface area contributed by atoms with Crippen LogP contribution in [0.4, 0.5) is 23.2 Å². The number of amides is 1. The number of fused-ring (bicyclic) bond motifs is 1. The van der Waals surface area contributed by atoms with E-state index in [9.17, 15) is 22.8 Å². The predicted molar refractivity (Wildman–Crippen MR) is 148 cm³/mol. The van der Waals surface area contributed by atoms with E-state index in [0.717, 1.165) is 27.3 Å². The van der Waals surface area contributed by atoms with Crippen LogP contribution in [-0.4, -0.2) is 37.3 Å². The van der Waals surface area contributed by atoms with Crippen LogP contribution in [0.5, 0.6) is 5.75 Å². The Morgan fingerprint density at radius 2 is 1.86 bits per heavy atom. The lowest BCUT2D eigenvalue weighted by Gasteiger charge is -2.18. The van der Waals surface area contributed by atoms with Gasteiger partial charge in [0.2, 0.25) is 5.91 Å². The zero-order valence-electron chi connectivity index (χ0n) is 22.5. The Bertz CT molecular complexity index is 1820. The van der Waals surface area contributed by atoms with E-state index in [1.165, 1.54) is 31.4 Å². The number of aromatic amines is 1. The summed E-state index contributed by atoms with van der Waals surface area (Å²) in [5.74, 6) is -1.13. The SMILES string of the molecule is Cc1cc(-c2cc(C(F)(F)F)cc3c2n(C)c(=O)n3CC(=O)N(C)c2ccc(Cl)cc2)cc(F)c1OCc1ncn[nH]1. The number of halogens is 5. The van der Waals surface area contributed by atoms with Gasteiger partial charge in [-0.2, -0.15) is 18.3 Å². The van der Waals surface area contributed by atoms with Gasteiger partial charge in [-0.05, 0) is 66.6 Å². The summed E-state index contributed by atoms with van der Waals surface area (Å²) >= 11 is 5.92. The van der Waals surface area contributed by atoms with Crippen molar-refractivity contribution in [3.8, 4) is 16.9 Å². The summed E-state index contributed by atoms with van der Waals surface area (Å²) in [6, 6.07) is 10.5. The molecular weight excluding hydrogens is 580 g/mol. The third kappa shape index (κ3) is 5.47. The third-order valence-electron chi connectivity index (χ3n) is 6.80. The van der Waals surface area contributed by atoms with Crippen LogP contribution in [-0.2, 0) is 31.2 Å². The number of aryl methyl sites for hydroxylation is 2. The Labute approximate surface area is 240 Å². The number of aromatic nitrogens is 5. The Morgan fingerprint density at radius 3 is 2.48 bits per heavy atom. The van der Waals surface area contributed by atoms with Gasteiger partial charge in [-0.15, -0.1) is 0 Å². The van der Waals surface area contributed by atoms with E-state index in [1.54, 1.807) is 31.2 Å². The van der Waals surface area contributed by atoms with Gasteiger partial charge in [0.1, 0.15) is 19.5 Å². The first kappa shape index (κ1) is 28.9. The fraction of sp³-hybridized carbons (Fsp3) is 0.214. The van der Waals surface area contributed by atoms with Crippen molar-refractivity contribution in [3.05, 3.63) is 93.1 Å². The second-order valence-corrected chi connectivity index (χ2v) is 10.0. The van der Waals surface area contributed by atoms with Gasteiger partial charge in [-0.25, -0.2) is 14.2 Å². The zero-order valence-corrected chi connectivity index (χ0v) is 23.2. The molecule has 14 heteroatoms. The summed E-state index contributed by atoms with van der Waals surface area (Å²) in [4.78, 5) is 31.6. The van der Waals surface area contributed by atoms with Crippen LogP contribution in [0.25, 0.3) is 22.2 Å². The first-order valence-corrected chi connectivity index (χ1v) is 12.8. The standard InChI is InChI=1S/C28H23ClF4N6O3/c1-15-8-16(9-21(30)26(15)42-13-23-34-14-35-36-23)20-10-17(28(31,32)33)11-22-25(20)38(3)27(41)39(22)12-24(40)37(2)19-6-4-18(29)5-7-19/h4-11,14H,12-13H2,1-3H3,(H,34,35,36). The van der Waals surface area contributed by atoms with Gasteiger partial charge in [0.25, 0.3) is 0 Å². The summed E-state index contributed by atoms with van der Waals surface area (Å²) in [6.07, 6.45) is -3.53. The quantitative estimate of drug-likeness (QED) is 0.249. The molecule has 0 bridgehead atoms. The highest BCUT2D eigenvalue weighted by atomic mass is 35.5. The van der Waals surface area contributed by atoms with Crippen LogP contribution >= 0.6 is 11.6 Å². The first-order valence-electron chi connectivity index (χ1n) is 12.4. The molecule has 5 rings (SSSR count). The number of imidazole rings is 1. The maximum absolute atomic E-state index is 15.3. The highest BCUT2D eigenvalue weighted by Gasteiger charge is 2.33. The fourth-order valence-electron chi connectivity index (χ4n) is 4.65. The molecule has 2 aromatic heterocycles. The monoisotopic (exact) mass is 602 g/mol. The largest absolute Gasteiger partial charge is 0.482 e. The van der Waals surface area contributed by atoms with E-state index in [0.29, 0.717) is 22.1 Å². The summed E-state index contributed by atoms with van der Waals surface area (Å²) in [7, 11) is 2.86. The summed E-state index contributed by atoms with van der Waals surface area (Å²) in [6.45, 7) is 0.890. The molecule has 0 radical (unpaired) electrons. The van der Waals surface area contributed by atoms with Gasteiger partial charge >= 0.3 is 11.9 Å². The number of hydrogen-bond acceptors (Lipinski definition) is 5. The van der Waals surface area contributed by atoms with E-state index < -0.39 is 35.7 Å². The predicted octanol–water partition coefficient (Wildman–Crippen LogP) is 5.49. The number of benzene rings is 3. The minimum absolute atomic E-state index is 0.0412.